The molecule has 0 amide bonds. The first-order valence-electron chi connectivity index (χ1n) is 8.54. The Labute approximate surface area is 155 Å². The predicted molar refractivity (Wildman–Crippen MR) is 108 cm³/mol. The quantitative estimate of drug-likeness (QED) is 0.674. The first kappa shape index (κ1) is 18.2. The van der Waals surface area contributed by atoms with Gasteiger partial charge in [-0.2, -0.15) is 0 Å². The number of benzene rings is 3. The van der Waals surface area contributed by atoms with Crippen LogP contribution in [0.15, 0.2) is 65.6 Å². The Hall–Kier alpha value is -2.59. The first-order chi connectivity index (χ1) is 12.3. The molecule has 0 aliphatic heterocycles. The molecular formula is C22H23NO2S. The van der Waals surface area contributed by atoms with Crippen molar-refractivity contribution < 1.29 is 8.42 Å². The maximum Gasteiger partial charge on any atom is 0.261 e. The van der Waals surface area contributed by atoms with Crippen LogP contribution in [0.5, 0.6) is 0 Å². The van der Waals surface area contributed by atoms with Gasteiger partial charge in [-0.3, -0.25) is 4.72 Å². The highest BCUT2D eigenvalue weighted by molar-refractivity contribution is 7.92. The second-order valence-electron chi connectivity index (χ2n) is 6.72. The molecule has 0 aliphatic carbocycles. The van der Waals surface area contributed by atoms with Crippen molar-refractivity contribution in [2.75, 3.05) is 4.72 Å². The number of sulfonamides is 1. The number of anilines is 1. The lowest BCUT2D eigenvalue weighted by Crippen LogP contribution is -2.15. The lowest BCUT2D eigenvalue weighted by molar-refractivity contribution is 0.601. The van der Waals surface area contributed by atoms with Crippen LogP contribution in [0.4, 0.5) is 5.69 Å². The second-order valence-corrected chi connectivity index (χ2v) is 8.40. The maximum atomic E-state index is 13.0. The summed E-state index contributed by atoms with van der Waals surface area (Å²) in [6.07, 6.45) is 0. The van der Waals surface area contributed by atoms with Crippen molar-refractivity contribution >= 4 is 15.7 Å². The van der Waals surface area contributed by atoms with Crippen molar-refractivity contribution in [3.8, 4) is 11.1 Å². The molecule has 1 N–H and O–H groups in total. The zero-order valence-electron chi connectivity index (χ0n) is 15.5. The second kappa shape index (κ2) is 6.96. The molecular weight excluding hydrogens is 342 g/mol. The topological polar surface area (TPSA) is 46.2 Å². The monoisotopic (exact) mass is 365 g/mol. The van der Waals surface area contributed by atoms with Crippen LogP contribution in [-0.4, -0.2) is 8.42 Å². The van der Waals surface area contributed by atoms with Gasteiger partial charge in [0, 0.05) is 0 Å². The molecule has 0 bridgehead atoms. The molecule has 3 rings (SSSR count). The number of nitrogens with one attached hydrogen (secondary N) is 1. The van der Waals surface area contributed by atoms with Crippen molar-refractivity contribution in [1.29, 1.82) is 0 Å². The van der Waals surface area contributed by atoms with Crippen LogP contribution in [0.1, 0.15) is 22.3 Å². The van der Waals surface area contributed by atoms with Crippen molar-refractivity contribution in [2.24, 2.45) is 0 Å². The van der Waals surface area contributed by atoms with Crippen LogP contribution in [0.25, 0.3) is 11.1 Å². The van der Waals surface area contributed by atoms with Crippen LogP contribution in [-0.2, 0) is 10.0 Å². The molecule has 4 heteroatoms. The van der Waals surface area contributed by atoms with Crippen molar-refractivity contribution in [2.45, 2.75) is 32.6 Å². The Morgan fingerprint density at radius 3 is 1.96 bits per heavy atom. The minimum Gasteiger partial charge on any atom is -0.279 e. The molecule has 3 nitrogen and oxygen atoms in total. The van der Waals surface area contributed by atoms with Crippen molar-refractivity contribution in [3.63, 3.8) is 0 Å². The van der Waals surface area contributed by atoms with E-state index in [1.807, 2.05) is 76.2 Å². The minimum atomic E-state index is -3.67. The third kappa shape index (κ3) is 3.65. The van der Waals surface area contributed by atoms with Gasteiger partial charge < -0.3 is 0 Å². The van der Waals surface area contributed by atoms with Crippen LogP contribution in [0.3, 0.4) is 0 Å². The summed E-state index contributed by atoms with van der Waals surface area (Å²) in [5.41, 5.74) is 6.57. The molecule has 0 fully saturated rings. The Morgan fingerprint density at radius 1 is 0.731 bits per heavy atom. The van der Waals surface area contributed by atoms with Crippen LogP contribution >= 0.6 is 0 Å². The Kier molecular flexibility index (Phi) is 4.88. The van der Waals surface area contributed by atoms with E-state index in [4.69, 9.17) is 0 Å². The average Bonchev–Trinajstić information content (AvgIpc) is 2.59. The number of hydrogen-bond acceptors (Lipinski definition) is 2. The standard InChI is InChI=1S/C22H23NO2S/c1-15-12-17(3)22(18(4)13-15)23-26(24,25)20-11-10-16(2)21(14-20)19-8-6-5-7-9-19/h5-14,23H,1-4H3. The van der Waals surface area contributed by atoms with Gasteiger partial charge in [0.1, 0.15) is 0 Å². The summed E-state index contributed by atoms with van der Waals surface area (Å²) >= 11 is 0. The average molecular weight is 365 g/mol. The summed E-state index contributed by atoms with van der Waals surface area (Å²) in [5, 5.41) is 0. The fourth-order valence-corrected chi connectivity index (χ4v) is 4.46. The van der Waals surface area contributed by atoms with Crippen LogP contribution in [0.2, 0.25) is 0 Å². The smallest absolute Gasteiger partial charge is 0.261 e. The van der Waals surface area contributed by atoms with E-state index >= 15 is 0 Å². The summed E-state index contributed by atoms with van der Waals surface area (Å²) in [6.45, 7) is 7.83. The van der Waals surface area contributed by atoms with Gasteiger partial charge in [0.15, 0.2) is 0 Å². The highest BCUT2D eigenvalue weighted by Crippen LogP contribution is 2.29. The van der Waals surface area contributed by atoms with Gasteiger partial charge in [-0.1, -0.05) is 54.1 Å². The molecule has 0 aliphatic rings. The van der Waals surface area contributed by atoms with Crippen molar-refractivity contribution in [3.05, 3.63) is 82.9 Å². The molecule has 0 radical (unpaired) electrons. The van der Waals surface area contributed by atoms with Gasteiger partial charge in [-0.15, -0.1) is 0 Å². The molecule has 0 aromatic heterocycles. The summed E-state index contributed by atoms with van der Waals surface area (Å²) in [7, 11) is -3.67. The van der Waals surface area contributed by atoms with Crippen molar-refractivity contribution in [1.82, 2.24) is 0 Å². The molecule has 3 aromatic rings. The predicted octanol–water partition coefficient (Wildman–Crippen LogP) is 5.39. The van der Waals surface area contributed by atoms with E-state index in [-0.39, 0.29) is 4.90 Å². The molecule has 0 unspecified atom stereocenters. The number of hydrogen-bond donors (Lipinski definition) is 1. The van der Waals surface area contributed by atoms with Gasteiger partial charge in [-0.05, 0) is 67.6 Å². The highest BCUT2D eigenvalue weighted by Gasteiger charge is 2.18. The third-order valence-corrected chi connectivity index (χ3v) is 5.86. The highest BCUT2D eigenvalue weighted by atomic mass is 32.2. The van der Waals surface area contributed by atoms with E-state index in [1.54, 1.807) is 12.1 Å². The Morgan fingerprint density at radius 2 is 1.35 bits per heavy atom. The minimum absolute atomic E-state index is 0.265. The zero-order chi connectivity index (χ0) is 18.9. The van der Waals surface area contributed by atoms with E-state index in [0.29, 0.717) is 5.69 Å². The molecule has 0 saturated carbocycles. The summed E-state index contributed by atoms with van der Waals surface area (Å²) in [6, 6.07) is 19.0. The van der Waals surface area contributed by atoms with E-state index in [9.17, 15) is 8.42 Å². The van der Waals surface area contributed by atoms with Crippen LogP contribution in [0, 0.1) is 27.7 Å². The normalized spacial score (nSPS) is 11.4. The van der Waals surface area contributed by atoms with Gasteiger partial charge in [0.05, 0.1) is 10.6 Å². The lowest BCUT2D eigenvalue weighted by Gasteiger charge is -2.15. The Bertz CT molecular complexity index is 1030. The summed E-state index contributed by atoms with van der Waals surface area (Å²) < 4.78 is 28.7. The first-order valence-corrected chi connectivity index (χ1v) is 10.0. The Balaban J connectivity index is 2.04. The van der Waals surface area contributed by atoms with E-state index in [2.05, 4.69) is 4.72 Å². The van der Waals surface area contributed by atoms with Gasteiger partial charge in [-0.25, -0.2) is 8.42 Å². The fourth-order valence-electron chi connectivity index (χ4n) is 3.23. The fraction of sp³-hybridized carbons (Fsp3) is 0.182. The summed E-state index contributed by atoms with van der Waals surface area (Å²) in [4.78, 5) is 0.265. The zero-order valence-corrected chi connectivity index (χ0v) is 16.3. The van der Waals surface area contributed by atoms with E-state index in [1.165, 1.54) is 0 Å². The van der Waals surface area contributed by atoms with Gasteiger partial charge >= 0.3 is 0 Å². The number of aryl methyl sites for hydroxylation is 4. The molecule has 0 saturated heterocycles. The molecule has 0 atom stereocenters. The SMILES string of the molecule is Cc1cc(C)c(NS(=O)(=O)c2ccc(C)c(-c3ccccc3)c2)c(C)c1. The molecule has 26 heavy (non-hydrogen) atoms. The maximum absolute atomic E-state index is 13.0. The summed E-state index contributed by atoms with van der Waals surface area (Å²) in [5.74, 6) is 0. The van der Waals surface area contributed by atoms with Gasteiger partial charge in [0.25, 0.3) is 10.0 Å². The molecule has 0 spiro atoms. The van der Waals surface area contributed by atoms with E-state index < -0.39 is 10.0 Å². The molecule has 3 aromatic carbocycles. The van der Waals surface area contributed by atoms with Crippen LogP contribution < -0.4 is 4.72 Å². The third-order valence-electron chi connectivity index (χ3n) is 4.52. The molecule has 0 heterocycles. The van der Waals surface area contributed by atoms with Gasteiger partial charge in [0.2, 0.25) is 0 Å². The largest absolute Gasteiger partial charge is 0.279 e. The number of rotatable bonds is 4. The van der Waals surface area contributed by atoms with E-state index in [0.717, 1.165) is 33.4 Å². The lowest BCUT2D eigenvalue weighted by atomic mass is 10.0. The molecule has 134 valence electrons.